The van der Waals surface area contributed by atoms with Gasteiger partial charge in [-0.3, -0.25) is 0 Å². The van der Waals surface area contributed by atoms with Crippen LogP contribution in [0.2, 0.25) is 0 Å². The van der Waals surface area contributed by atoms with Gasteiger partial charge in [0.2, 0.25) is 0 Å². The molecule has 1 aromatic carbocycles. The van der Waals surface area contributed by atoms with E-state index in [9.17, 15) is 8.78 Å². The number of nitrogens with zero attached hydrogens (tertiary/aromatic N) is 3. The number of guanidine groups is 1. The molecule has 0 bridgehead atoms. The maximum atomic E-state index is 13.7. The average Bonchev–Trinajstić information content (AvgIpc) is 3.05. The van der Waals surface area contributed by atoms with Crippen molar-refractivity contribution in [2.24, 2.45) is 4.99 Å². The molecule has 0 aliphatic carbocycles. The van der Waals surface area contributed by atoms with Crippen LogP contribution in [0.5, 0.6) is 0 Å². The van der Waals surface area contributed by atoms with Crippen LogP contribution in [0, 0.1) is 11.6 Å². The highest BCUT2D eigenvalue weighted by molar-refractivity contribution is 14.0. The van der Waals surface area contributed by atoms with Gasteiger partial charge in [-0.15, -0.1) is 24.0 Å². The van der Waals surface area contributed by atoms with Crippen LogP contribution < -0.4 is 10.6 Å². The highest BCUT2D eigenvalue weighted by atomic mass is 127. The SMILES string of the molecule is CCNC(=NCc1cc(F)ccc1F)NCCc1cn2ccccc2n1.I. The van der Waals surface area contributed by atoms with E-state index in [0.717, 1.165) is 29.9 Å². The fraction of sp³-hybridized carbons (Fsp3) is 0.263. The van der Waals surface area contributed by atoms with Crippen LogP contribution in [0.4, 0.5) is 8.78 Å². The van der Waals surface area contributed by atoms with E-state index in [-0.39, 0.29) is 36.1 Å². The van der Waals surface area contributed by atoms with Crippen LogP contribution >= 0.6 is 24.0 Å². The van der Waals surface area contributed by atoms with Gasteiger partial charge >= 0.3 is 0 Å². The summed E-state index contributed by atoms with van der Waals surface area (Å²) in [5.74, 6) is -0.378. The number of nitrogens with one attached hydrogen (secondary N) is 2. The van der Waals surface area contributed by atoms with Crippen molar-refractivity contribution in [1.82, 2.24) is 20.0 Å². The van der Waals surface area contributed by atoms with E-state index in [1.165, 1.54) is 6.07 Å². The maximum absolute atomic E-state index is 13.7. The van der Waals surface area contributed by atoms with Crippen molar-refractivity contribution in [2.45, 2.75) is 19.9 Å². The van der Waals surface area contributed by atoms with Crippen LogP contribution in [0.3, 0.4) is 0 Å². The second-order valence-electron chi connectivity index (χ2n) is 5.81. The normalized spacial score (nSPS) is 11.3. The Morgan fingerprint density at radius 2 is 2.04 bits per heavy atom. The van der Waals surface area contributed by atoms with E-state index in [2.05, 4.69) is 20.6 Å². The lowest BCUT2D eigenvalue weighted by atomic mass is 10.2. The molecular weight excluding hydrogens is 463 g/mol. The molecule has 0 aliphatic rings. The summed E-state index contributed by atoms with van der Waals surface area (Å²) in [6.07, 6.45) is 4.67. The minimum atomic E-state index is -0.471. The van der Waals surface area contributed by atoms with Gasteiger partial charge in [0, 0.05) is 37.5 Å². The third kappa shape index (κ3) is 5.88. The topological polar surface area (TPSA) is 53.7 Å². The van der Waals surface area contributed by atoms with Crippen LogP contribution in [-0.2, 0) is 13.0 Å². The number of imidazole rings is 1. The Balaban J connectivity index is 0.00000261. The molecule has 2 N–H and O–H groups in total. The maximum Gasteiger partial charge on any atom is 0.191 e. The number of fused-ring (bicyclic) bond motifs is 1. The Hall–Kier alpha value is -2.23. The Morgan fingerprint density at radius 1 is 1.19 bits per heavy atom. The first-order valence-electron chi connectivity index (χ1n) is 8.54. The summed E-state index contributed by atoms with van der Waals surface area (Å²) in [6, 6.07) is 9.24. The fourth-order valence-electron chi connectivity index (χ4n) is 2.59. The van der Waals surface area contributed by atoms with Crippen molar-refractivity contribution < 1.29 is 8.78 Å². The van der Waals surface area contributed by atoms with Gasteiger partial charge < -0.3 is 15.0 Å². The smallest absolute Gasteiger partial charge is 0.191 e. The minimum Gasteiger partial charge on any atom is -0.357 e. The van der Waals surface area contributed by atoms with Crippen LogP contribution in [0.25, 0.3) is 5.65 Å². The van der Waals surface area contributed by atoms with Gasteiger partial charge in [-0.25, -0.2) is 18.8 Å². The zero-order valence-corrected chi connectivity index (χ0v) is 17.3. The van der Waals surface area contributed by atoms with Crippen molar-refractivity contribution >= 4 is 35.6 Å². The number of rotatable bonds is 6. The number of aromatic nitrogens is 2. The Kier molecular flexibility index (Phi) is 7.96. The predicted molar refractivity (Wildman–Crippen MR) is 113 cm³/mol. The van der Waals surface area contributed by atoms with E-state index in [1.54, 1.807) is 0 Å². The van der Waals surface area contributed by atoms with Crippen molar-refractivity contribution in [1.29, 1.82) is 0 Å². The summed E-state index contributed by atoms with van der Waals surface area (Å²) >= 11 is 0. The van der Waals surface area contributed by atoms with Gasteiger partial charge in [0.1, 0.15) is 17.3 Å². The molecule has 144 valence electrons. The minimum absolute atomic E-state index is 0. The fourth-order valence-corrected chi connectivity index (χ4v) is 2.59. The quantitative estimate of drug-likeness (QED) is 0.319. The standard InChI is InChI=1S/C19H21F2N5.HI/c1-2-22-19(24-12-14-11-15(20)6-7-17(14)21)23-9-8-16-13-26-10-4-3-5-18(26)25-16;/h3-7,10-11,13H,2,8-9,12H2,1H3,(H2,22,23,24);1H. The molecule has 0 saturated heterocycles. The number of halogens is 3. The average molecular weight is 485 g/mol. The van der Waals surface area contributed by atoms with Crippen LogP contribution in [0.1, 0.15) is 18.2 Å². The largest absolute Gasteiger partial charge is 0.357 e. The second-order valence-corrected chi connectivity index (χ2v) is 5.81. The first-order chi connectivity index (χ1) is 12.7. The second kappa shape index (κ2) is 10.2. The first kappa shape index (κ1) is 21.1. The van der Waals surface area contributed by atoms with Gasteiger partial charge in [0.25, 0.3) is 0 Å². The van der Waals surface area contributed by atoms with E-state index in [4.69, 9.17) is 0 Å². The first-order valence-corrected chi connectivity index (χ1v) is 8.54. The molecule has 5 nitrogen and oxygen atoms in total. The molecule has 0 fully saturated rings. The summed E-state index contributed by atoms with van der Waals surface area (Å²) < 4.78 is 28.9. The summed E-state index contributed by atoms with van der Waals surface area (Å²) in [5, 5.41) is 6.29. The summed E-state index contributed by atoms with van der Waals surface area (Å²) in [5.41, 5.74) is 2.10. The summed E-state index contributed by atoms with van der Waals surface area (Å²) in [7, 11) is 0. The number of hydrogen-bond acceptors (Lipinski definition) is 2. The van der Waals surface area contributed by atoms with Crippen molar-refractivity contribution in [3.05, 3.63) is 71.7 Å². The number of aliphatic imine (C=N–C) groups is 1. The number of hydrogen-bond donors (Lipinski definition) is 2. The zero-order chi connectivity index (χ0) is 18.4. The van der Waals surface area contributed by atoms with Gasteiger partial charge in [-0.05, 0) is 37.3 Å². The molecule has 0 aliphatic heterocycles. The molecule has 0 radical (unpaired) electrons. The van der Waals surface area contributed by atoms with Gasteiger partial charge in [0.15, 0.2) is 5.96 Å². The number of benzene rings is 1. The molecule has 0 saturated carbocycles. The highest BCUT2D eigenvalue weighted by Gasteiger charge is 2.05. The number of pyridine rings is 1. The lowest BCUT2D eigenvalue weighted by Crippen LogP contribution is -2.38. The summed E-state index contributed by atoms with van der Waals surface area (Å²) in [4.78, 5) is 8.86. The molecule has 8 heteroatoms. The van der Waals surface area contributed by atoms with Crippen molar-refractivity contribution in [2.75, 3.05) is 13.1 Å². The van der Waals surface area contributed by atoms with Crippen LogP contribution in [0.15, 0.2) is 53.8 Å². The van der Waals surface area contributed by atoms with Crippen molar-refractivity contribution in [3.8, 4) is 0 Å². The van der Waals surface area contributed by atoms with E-state index >= 15 is 0 Å². The zero-order valence-electron chi connectivity index (χ0n) is 15.0. The summed E-state index contributed by atoms with van der Waals surface area (Å²) in [6.45, 7) is 3.31. The van der Waals surface area contributed by atoms with Crippen LogP contribution in [-0.4, -0.2) is 28.4 Å². The van der Waals surface area contributed by atoms with Gasteiger partial charge in [-0.1, -0.05) is 6.07 Å². The molecule has 27 heavy (non-hydrogen) atoms. The lowest BCUT2D eigenvalue weighted by Gasteiger charge is -2.11. The Morgan fingerprint density at radius 3 is 2.81 bits per heavy atom. The lowest BCUT2D eigenvalue weighted by molar-refractivity contribution is 0.585. The Bertz CT molecular complexity index is 877. The van der Waals surface area contributed by atoms with Gasteiger partial charge in [-0.2, -0.15) is 0 Å². The molecule has 2 aromatic heterocycles. The predicted octanol–water partition coefficient (Wildman–Crippen LogP) is 3.53. The van der Waals surface area contributed by atoms with Gasteiger partial charge in [0.05, 0.1) is 12.2 Å². The van der Waals surface area contributed by atoms with Crippen molar-refractivity contribution in [3.63, 3.8) is 0 Å². The highest BCUT2D eigenvalue weighted by Crippen LogP contribution is 2.10. The molecular formula is C19H22F2IN5. The Labute approximate surface area is 173 Å². The molecule has 0 spiro atoms. The van der Waals surface area contributed by atoms with E-state index in [0.29, 0.717) is 19.0 Å². The molecule has 0 atom stereocenters. The molecule has 0 unspecified atom stereocenters. The molecule has 3 aromatic rings. The monoisotopic (exact) mass is 485 g/mol. The third-order valence-corrected chi connectivity index (χ3v) is 3.85. The molecule has 2 heterocycles. The third-order valence-electron chi connectivity index (χ3n) is 3.85. The van der Waals surface area contributed by atoms with E-state index < -0.39 is 11.6 Å². The van der Waals surface area contributed by atoms with E-state index in [1.807, 2.05) is 41.9 Å². The molecule has 3 rings (SSSR count). The molecule has 0 amide bonds.